The van der Waals surface area contributed by atoms with E-state index in [1.54, 1.807) is 11.3 Å². The van der Waals surface area contributed by atoms with Crippen LogP contribution in [0.2, 0.25) is 0 Å². The fourth-order valence-electron chi connectivity index (χ4n) is 4.68. The number of benzene rings is 1. The highest BCUT2D eigenvalue weighted by molar-refractivity contribution is 7.12. The molecule has 5 rings (SSSR count). The third-order valence-electron chi connectivity index (χ3n) is 6.17. The number of carbonyl (C=O) groups excluding carboxylic acids is 2. The number of aryl methyl sites for hydroxylation is 1. The number of para-hydroxylation sites is 1. The molecule has 0 bridgehead atoms. The number of urea groups is 1. The van der Waals surface area contributed by atoms with Crippen LogP contribution in [0.3, 0.4) is 0 Å². The highest BCUT2D eigenvalue weighted by atomic mass is 32.1. The third kappa shape index (κ3) is 2.73. The number of amides is 3. The van der Waals surface area contributed by atoms with Crippen LogP contribution in [0.1, 0.15) is 53.7 Å². The van der Waals surface area contributed by atoms with Gasteiger partial charge in [-0.25, -0.2) is 4.79 Å². The maximum Gasteiger partial charge on any atom is 0.328 e. The Balaban J connectivity index is 1.67. The van der Waals surface area contributed by atoms with Crippen LogP contribution >= 0.6 is 11.3 Å². The van der Waals surface area contributed by atoms with E-state index in [0.29, 0.717) is 13.0 Å². The monoisotopic (exact) mass is 407 g/mol. The van der Waals surface area contributed by atoms with Crippen LogP contribution in [0.25, 0.3) is 10.9 Å². The lowest BCUT2D eigenvalue weighted by Gasteiger charge is -2.35. The largest absolute Gasteiger partial charge is 0.356 e. The molecule has 5 nitrogen and oxygen atoms in total. The smallest absolute Gasteiger partial charge is 0.328 e. The quantitative estimate of drug-likeness (QED) is 0.614. The first-order valence-electron chi connectivity index (χ1n) is 10.5. The average molecular weight is 408 g/mol. The Morgan fingerprint density at radius 3 is 2.72 bits per heavy atom. The van der Waals surface area contributed by atoms with Crippen molar-refractivity contribution >= 4 is 34.2 Å². The topological polar surface area (TPSA) is 56.4 Å². The predicted octanol–water partition coefficient (Wildman–Crippen LogP) is 4.87. The molecule has 1 fully saturated rings. The van der Waals surface area contributed by atoms with Gasteiger partial charge in [0.2, 0.25) is 0 Å². The molecule has 29 heavy (non-hydrogen) atoms. The number of unbranched alkanes of at least 4 members (excludes halogenated alkanes) is 1. The first kappa shape index (κ1) is 18.4. The van der Waals surface area contributed by atoms with Gasteiger partial charge in [-0.2, -0.15) is 0 Å². The van der Waals surface area contributed by atoms with Crippen molar-refractivity contribution in [2.75, 3.05) is 6.54 Å². The number of hydrogen-bond donors (Lipinski definition) is 1. The maximum absolute atomic E-state index is 13.4. The van der Waals surface area contributed by atoms with E-state index >= 15 is 0 Å². The number of rotatable bonds is 5. The number of hydrogen-bond acceptors (Lipinski definition) is 3. The molecule has 1 aromatic carbocycles. The van der Waals surface area contributed by atoms with E-state index in [2.05, 4.69) is 43.1 Å². The lowest BCUT2D eigenvalue weighted by Crippen LogP contribution is -2.43. The van der Waals surface area contributed by atoms with Crippen molar-refractivity contribution in [3.63, 3.8) is 0 Å². The van der Waals surface area contributed by atoms with Crippen LogP contribution in [0.4, 0.5) is 4.79 Å². The minimum Gasteiger partial charge on any atom is -0.356 e. The van der Waals surface area contributed by atoms with Crippen molar-refractivity contribution < 1.29 is 9.59 Å². The summed E-state index contributed by atoms with van der Waals surface area (Å²) in [5.41, 5.74) is 3.31. The van der Waals surface area contributed by atoms with Gasteiger partial charge in [0.05, 0.1) is 0 Å². The normalized spacial score (nSPS) is 21.2. The highest BCUT2D eigenvalue weighted by Crippen LogP contribution is 2.45. The molecule has 3 aromatic rings. The summed E-state index contributed by atoms with van der Waals surface area (Å²) in [6, 6.07) is 11.7. The summed E-state index contributed by atoms with van der Waals surface area (Å²) >= 11 is 1.74. The summed E-state index contributed by atoms with van der Waals surface area (Å²) in [4.78, 5) is 35.9. The Hall–Kier alpha value is -2.60. The van der Waals surface area contributed by atoms with Gasteiger partial charge >= 0.3 is 6.03 Å². The van der Waals surface area contributed by atoms with E-state index < -0.39 is 6.04 Å². The summed E-state index contributed by atoms with van der Waals surface area (Å²) in [6.45, 7) is 4.73. The van der Waals surface area contributed by atoms with Crippen LogP contribution in [0, 0.1) is 0 Å². The van der Waals surface area contributed by atoms with Crippen LogP contribution < -0.4 is 0 Å². The van der Waals surface area contributed by atoms with E-state index in [0.717, 1.165) is 40.7 Å². The molecule has 2 aliphatic rings. The molecule has 1 saturated heterocycles. The van der Waals surface area contributed by atoms with Crippen molar-refractivity contribution in [2.24, 2.45) is 0 Å². The highest BCUT2D eigenvalue weighted by Gasteiger charge is 2.52. The van der Waals surface area contributed by atoms with Gasteiger partial charge < -0.3 is 4.98 Å². The number of nitrogens with zero attached hydrogens (tertiary/aromatic N) is 2. The molecule has 0 spiro atoms. The minimum atomic E-state index is -0.414. The first-order valence-corrected chi connectivity index (χ1v) is 11.3. The summed E-state index contributed by atoms with van der Waals surface area (Å²) < 4.78 is 0. The number of imide groups is 1. The summed E-state index contributed by atoms with van der Waals surface area (Å²) in [5, 5.41) is 1.16. The van der Waals surface area contributed by atoms with Crippen molar-refractivity contribution in [3.8, 4) is 0 Å². The number of H-pyrrole nitrogens is 1. The molecular weight excluding hydrogens is 382 g/mol. The average Bonchev–Trinajstić information content (AvgIpc) is 3.41. The van der Waals surface area contributed by atoms with Crippen molar-refractivity contribution in [1.82, 2.24) is 14.8 Å². The molecular formula is C23H25N3O2S. The molecule has 1 N–H and O–H groups in total. The van der Waals surface area contributed by atoms with Gasteiger partial charge in [0.1, 0.15) is 12.1 Å². The zero-order chi connectivity index (χ0) is 20.1. The van der Waals surface area contributed by atoms with Gasteiger partial charge in [-0.15, -0.1) is 11.3 Å². The van der Waals surface area contributed by atoms with Crippen LogP contribution in [-0.4, -0.2) is 39.3 Å². The number of fused-ring (bicyclic) bond motifs is 4. The maximum atomic E-state index is 13.4. The first-order chi connectivity index (χ1) is 14.1. The molecule has 6 heteroatoms. The molecule has 0 saturated carbocycles. The Morgan fingerprint density at radius 2 is 1.97 bits per heavy atom. The van der Waals surface area contributed by atoms with Gasteiger partial charge in [0.15, 0.2) is 0 Å². The molecule has 150 valence electrons. The van der Waals surface area contributed by atoms with E-state index in [-0.39, 0.29) is 18.0 Å². The van der Waals surface area contributed by atoms with Crippen LogP contribution in [0.15, 0.2) is 36.4 Å². The molecule has 2 aliphatic heterocycles. The van der Waals surface area contributed by atoms with Gasteiger partial charge in [0.25, 0.3) is 5.91 Å². The molecule has 4 heterocycles. The minimum absolute atomic E-state index is 0.0448. The fourth-order valence-corrected chi connectivity index (χ4v) is 5.74. The lowest BCUT2D eigenvalue weighted by molar-refractivity contribution is -0.128. The summed E-state index contributed by atoms with van der Waals surface area (Å²) in [7, 11) is 0. The Bertz CT molecular complexity index is 1100. The van der Waals surface area contributed by atoms with E-state index in [4.69, 9.17) is 0 Å². The Kier molecular flexibility index (Phi) is 4.46. The molecule has 3 amide bonds. The SMILES string of the molecule is CCCCN1C(=O)[C@H]2Cc3c([nH]c4ccccc34)[C@@H](c3ccc(CC)s3)N2C1=O. The predicted molar refractivity (Wildman–Crippen MR) is 115 cm³/mol. The molecule has 2 aromatic heterocycles. The number of aromatic amines is 1. The molecule has 0 radical (unpaired) electrons. The summed E-state index contributed by atoms with van der Waals surface area (Å²) in [5.74, 6) is -0.0448. The molecule has 2 atom stereocenters. The van der Waals surface area contributed by atoms with Gasteiger partial charge in [-0.05, 0) is 36.6 Å². The number of nitrogens with one attached hydrogen (secondary N) is 1. The van der Waals surface area contributed by atoms with Crippen LogP contribution in [-0.2, 0) is 17.6 Å². The van der Waals surface area contributed by atoms with Gasteiger partial charge in [-0.3, -0.25) is 14.6 Å². The van der Waals surface area contributed by atoms with Gasteiger partial charge in [0, 0.05) is 39.3 Å². The Morgan fingerprint density at radius 1 is 1.14 bits per heavy atom. The van der Waals surface area contributed by atoms with Crippen molar-refractivity contribution in [3.05, 3.63) is 57.4 Å². The van der Waals surface area contributed by atoms with Crippen molar-refractivity contribution in [2.45, 2.75) is 51.6 Å². The zero-order valence-corrected chi connectivity index (χ0v) is 17.6. The fraction of sp³-hybridized carbons (Fsp3) is 0.391. The standard InChI is InChI=1S/C23H25N3O2S/c1-3-5-12-25-22(27)18-13-16-15-8-6-7-9-17(15)24-20(16)21(26(18)23(25)28)19-11-10-14(4-2)29-19/h6-11,18,21,24H,3-5,12-13H2,1-2H3/t18-,21-/m1/s1. The third-order valence-corrected chi connectivity index (χ3v) is 7.45. The number of aromatic nitrogens is 1. The molecule has 0 aliphatic carbocycles. The summed E-state index contributed by atoms with van der Waals surface area (Å²) in [6.07, 6.45) is 3.35. The van der Waals surface area contributed by atoms with Crippen molar-refractivity contribution in [1.29, 1.82) is 0 Å². The second kappa shape index (κ2) is 7.02. The second-order valence-electron chi connectivity index (χ2n) is 7.88. The van der Waals surface area contributed by atoms with Crippen LogP contribution in [0.5, 0.6) is 0 Å². The lowest BCUT2D eigenvalue weighted by atomic mass is 9.91. The van der Waals surface area contributed by atoms with E-state index in [9.17, 15) is 9.59 Å². The van der Waals surface area contributed by atoms with E-state index in [1.807, 2.05) is 17.0 Å². The second-order valence-corrected chi connectivity index (χ2v) is 9.08. The zero-order valence-electron chi connectivity index (χ0n) is 16.8. The number of thiophene rings is 1. The van der Waals surface area contributed by atoms with Gasteiger partial charge in [-0.1, -0.05) is 38.5 Å². The van der Waals surface area contributed by atoms with E-state index in [1.165, 1.54) is 15.3 Å². The Labute approximate surface area is 174 Å². The molecule has 0 unspecified atom stereocenters. The number of carbonyl (C=O) groups is 2.